The van der Waals surface area contributed by atoms with E-state index in [0.29, 0.717) is 10.7 Å². The third-order valence-corrected chi connectivity index (χ3v) is 5.83. The summed E-state index contributed by atoms with van der Waals surface area (Å²) in [6.45, 7) is -0.206. The highest BCUT2D eigenvalue weighted by atomic mass is 35.5. The van der Waals surface area contributed by atoms with Crippen LogP contribution < -0.4 is 10.6 Å². The van der Waals surface area contributed by atoms with E-state index in [9.17, 15) is 9.59 Å². The monoisotopic (exact) mass is 482 g/mol. The second-order valence-corrected chi connectivity index (χ2v) is 8.39. The summed E-state index contributed by atoms with van der Waals surface area (Å²) in [5, 5.41) is 8.74. The van der Waals surface area contributed by atoms with Gasteiger partial charge in [0.25, 0.3) is 5.91 Å². The molecule has 32 heavy (non-hydrogen) atoms. The van der Waals surface area contributed by atoms with Gasteiger partial charge in [0.2, 0.25) is 5.91 Å². The average Bonchev–Trinajstić information content (AvgIpc) is 3.29. The van der Waals surface area contributed by atoms with Crippen molar-refractivity contribution in [3.05, 3.63) is 87.8 Å². The van der Waals surface area contributed by atoms with Crippen LogP contribution in [0.5, 0.6) is 0 Å². The lowest BCUT2D eigenvalue weighted by Gasteiger charge is -2.09. The Morgan fingerprint density at radius 3 is 2.62 bits per heavy atom. The molecule has 0 radical (unpaired) electrons. The predicted octanol–water partition coefficient (Wildman–Crippen LogP) is 5.55. The minimum absolute atomic E-state index is 0.206. The van der Waals surface area contributed by atoms with Crippen LogP contribution in [0.1, 0.15) is 10.4 Å². The zero-order valence-corrected chi connectivity index (χ0v) is 18.8. The maximum atomic E-state index is 12.3. The Balaban J connectivity index is 1.39. The molecule has 6 nitrogen and oxygen atoms in total. The summed E-state index contributed by atoms with van der Waals surface area (Å²) >= 11 is 13.4. The number of rotatable bonds is 6. The van der Waals surface area contributed by atoms with Crippen molar-refractivity contribution in [1.29, 1.82) is 0 Å². The lowest BCUT2D eigenvalue weighted by molar-refractivity contribution is -0.115. The molecule has 0 atom stereocenters. The van der Waals surface area contributed by atoms with Gasteiger partial charge in [-0.25, -0.2) is 4.98 Å². The summed E-state index contributed by atoms with van der Waals surface area (Å²) in [7, 11) is 0. The van der Waals surface area contributed by atoms with Gasteiger partial charge in [0.05, 0.1) is 28.5 Å². The number of carbonyl (C=O) groups excluding carboxylic acids is 2. The molecule has 0 fully saturated rings. The Hall–Kier alpha value is -3.26. The van der Waals surface area contributed by atoms with Gasteiger partial charge in [0.15, 0.2) is 0 Å². The van der Waals surface area contributed by atoms with E-state index < -0.39 is 5.91 Å². The van der Waals surface area contributed by atoms with Gasteiger partial charge in [-0.15, -0.1) is 11.3 Å². The quantitative estimate of drug-likeness (QED) is 0.377. The average molecular weight is 483 g/mol. The summed E-state index contributed by atoms with van der Waals surface area (Å²) in [6.07, 6.45) is 1.73. The Labute approximate surface area is 198 Å². The molecule has 2 heterocycles. The van der Waals surface area contributed by atoms with Crippen LogP contribution in [0.3, 0.4) is 0 Å². The molecule has 0 aliphatic rings. The molecule has 0 saturated heterocycles. The first-order valence-corrected chi connectivity index (χ1v) is 11.1. The first kappa shape index (κ1) is 22.0. The molecule has 2 aromatic carbocycles. The van der Waals surface area contributed by atoms with E-state index in [1.165, 1.54) is 23.5 Å². The highest BCUT2D eigenvalue weighted by Gasteiger charge is 2.13. The first-order valence-electron chi connectivity index (χ1n) is 9.50. The van der Waals surface area contributed by atoms with Gasteiger partial charge in [-0.2, -0.15) is 0 Å². The number of carbonyl (C=O) groups is 2. The van der Waals surface area contributed by atoms with Crippen LogP contribution in [0.4, 0.5) is 5.69 Å². The topological polar surface area (TPSA) is 84.0 Å². The summed E-state index contributed by atoms with van der Waals surface area (Å²) in [5.74, 6) is -0.826. The van der Waals surface area contributed by atoms with Crippen molar-refractivity contribution >= 4 is 52.0 Å². The lowest BCUT2D eigenvalue weighted by atomic mass is 10.1. The first-order chi connectivity index (χ1) is 15.5. The molecule has 0 spiro atoms. The van der Waals surface area contributed by atoms with Crippen molar-refractivity contribution in [1.82, 2.24) is 15.3 Å². The number of aromatic nitrogens is 2. The van der Waals surface area contributed by atoms with E-state index in [1.54, 1.807) is 18.3 Å². The Morgan fingerprint density at radius 2 is 1.84 bits per heavy atom. The summed E-state index contributed by atoms with van der Waals surface area (Å²) < 4.78 is 0. The molecule has 4 aromatic rings. The molecule has 0 unspecified atom stereocenters. The molecule has 0 bridgehead atoms. The standard InChI is InChI=1S/C23H16Cl2N4O2S/c24-15-7-8-17(18(25)11-15)22(31)27-12-21(30)28-16-5-3-4-14(10-16)20-13-32-23(29-20)19-6-1-2-9-26-19/h1-11,13H,12H2,(H,27,31)(H,28,30). The molecule has 2 amide bonds. The Morgan fingerprint density at radius 1 is 0.969 bits per heavy atom. The van der Waals surface area contributed by atoms with Gasteiger partial charge < -0.3 is 10.6 Å². The Kier molecular flexibility index (Phi) is 6.80. The van der Waals surface area contributed by atoms with E-state index in [0.717, 1.165) is 22.0 Å². The third-order valence-electron chi connectivity index (χ3n) is 4.42. The number of amides is 2. The summed E-state index contributed by atoms with van der Waals surface area (Å²) in [6, 6.07) is 17.6. The van der Waals surface area contributed by atoms with Crippen LogP contribution in [0.25, 0.3) is 22.0 Å². The van der Waals surface area contributed by atoms with Gasteiger partial charge in [-0.1, -0.05) is 41.4 Å². The van der Waals surface area contributed by atoms with E-state index in [2.05, 4.69) is 20.6 Å². The number of nitrogens with one attached hydrogen (secondary N) is 2. The van der Waals surface area contributed by atoms with Crippen molar-refractivity contribution in [2.24, 2.45) is 0 Å². The smallest absolute Gasteiger partial charge is 0.253 e. The number of halogens is 2. The normalized spacial score (nSPS) is 10.6. The SMILES string of the molecule is O=C(CNC(=O)c1ccc(Cl)cc1Cl)Nc1cccc(-c2csc(-c3ccccn3)n2)c1. The van der Waals surface area contributed by atoms with Crippen molar-refractivity contribution in [3.63, 3.8) is 0 Å². The van der Waals surface area contributed by atoms with Crippen LogP contribution in [-0.4, -0.2) is 28.3 Å². The highest BCUT2D eigenvalue weighted by Crippen LogP contribution is 2.29. The van der Waals surface area contributed by atoms with Gasteiger partial charge >= 0.3 is 0 Å². The maximum Gasteiger partial charge on any atom is 0.253 e. The fourth-order valence-corrected chi connectivity index (χ4v) is 4.20. The number of hydrogen-bond acceptors (Lipinski definition) is 5. The number of benzene rings is 2. The second-order valence-electron chi connectivity index (χ2n) is 6.69. The molecule has 9 heteroatoms. The minimum atomic E-state index is -0.458. The van der Waals surface area contributed by atoms with Gasteiger partial charge in [-0.3, -0.25) is 14.6 Å². The van der Waals surface area contributed by atoms with Crippen LogP contribution in [0.15, 0.2) is 72.2 Å². The number of anilines is 1. The molecule has 2 aromatic heterocycles. The summed E-state index contributed by atoms with van der Waals surface area (Å²) in [5.41, 5.74) is 3.30. The van der Waals surface area contributed by atoms with Crippen LogP contribution in [-0.2, 0) is 4.79 Å². The summed E-state index contributed by atoms with van der Waals surface area (Å²) in [4.78, 5) is 33.5. The van der Waals surface area contributed by atoms with Crippen molar-refractivity contribution in [2.45, 2.75) is 0 Å². The highest BCUT2D eigenvalue weighted by molar-refractivity contribution is 7.13. The van der Waals surface area contributed by atoms with Crippen LogP contribution in [0, 0.1) is 0 Å². The number of nitrogens with zero attached hydrogens (tertiary/aromatic N) is 2. The zero-order chi connectivity index (χ0) is 22.5. The number of pyridine rings is 1. The van der Waals surface area contributed by atoms with Gasteiger partial charge in [0, 0.05) is 27.9 Å². The van der Waals surface area contributed by atoms with Crippen molar-refractivity contribution in [2.75, 3.05) is 11.9 Å². The van der Waals surface area contributed by atoms with Gasteiger partial charge in [-0.05, 0) is 42.5 Å². The van der Waals surface area contributed by atoms with E-state index >= 15 is 0 Å². The van der Waals surface area contributed by atoms with E-state index in [4.69, 9.17) is 23.2 Å². The van der Waals surface area contributed by atoms with E-state index in [1.807, 2.05) is 41.8 Å². The molecule has 4 rings (SSSR count). The second kappa shape index (κ2) is 9.91. The predicted molar refractivity (Wildman–Crippen MR) is 128 cm³/mol. The molecular weight excluding hydrogens is 467 g/mol. The van der Waals surface area contributed by atoms with Crippen molar-refractivity contribution in [3.8, 4) is 22.0 Å². The Bertz CT molecular complexity index is 1280. The largest absolute Gasteiger partial charge is 0.343 e. The van der Waals surface area contributed by atoms with Crippen LogP contribution >= 0.6 is 34.5 Å². The number of hydrogen-bond donors (Lipinski definition) is 2. The molecule has 0 aliphatic carbocycles. The van der Waals surface area contributed by atoms with Gasteiger partial charge in [0.1, 0.15) is 5.01 Å². The molecule has 160 valence electrons. The lowest BCUT2D eigenvalue weighted by Crippen LogP contribution is -2.33. The van der Waals surface area contributed by atoms with E-state index in [-0.39, 0.29) is 23.0 Å². The third kappa shape index (κ3) is 5.31. The fraction of sp³-hybridized carbons (Fsp3) is 0.0435. The molecule has 0 aliphatic heterocycles. The molecule has 0 saturated carbocycles. The van der Waals surface area contributed by atoms with Crippen LogP contribution in [0.2, 0.25) is 10.0 Å². The minimum Gasteiger partial charge on any atom is -0.343 e. The fourth-order valence-electron chi connectivity index (χ4n) is 2.90. The molecular formula is C23H16Cl2N4O2S. The molecule has 2 N–H and O–H groups in total. The maximum absolute atomic E-state index is 12.3. The zero-order valence-electron chi connectivity index (χ0n) is 16.5. The number of thiazole rings is 1. The van der Waals surface area contributed by atoms with Crippen molar-refractivity contribution < 1.29 is 9.59 Å².